The van der Waals surface area contributed by atoms with Gasteiger partial charge in [-0.05, 0) is 37.3 Å². The Bertz CT molecular complexity index is 1080. The Morgan fingerprint density at radius 3 is 2.50 bits per heavy atom. The van der Waals surface area contributed by atoms with E-state index in [1.807, 2.05) is 6.92 Å². The number of anilines is 2. The zero-order valence-corrected chi connectivity index (χ0v) is 15.7. The number of benzene rings is 2. The number of aryl methyl sites for hydroxylation is 1. The number of nitrogens with one attached hydrogen (secondary N) is 1. The van der Waals surface area contributed by atoms with Crippen molar-refractivity contribution in [1.29, 1.82) is 0 Å². The number of methoxy groups -OCH3 is 1. The number of ether oxygens (including phenoxy) is 1. The highest BCUT2D eigenvalue weighted by molar-refractivity contribution is 6.31. The van der Waals surface area contributed by atoms with Crippen molar-refractivity contribution in [2.24, 2.45) is 0 Å². The van der Waals surface area contributed by atoms with E-state index in [1.54, 1.807) is 30.3 Å². The molecule has 7 nitrogen and oxygen atoms in total. The number of carbonyl (C=O) groups excluding carboxylic acids is 3. The fourth-order valence-corrected chi connectivity index (χ4v) is 3.89. The summed E-state index contributed by atoms with van der Waals surface area (Å²) in [5.41, 5.74) is -0.373. The van der Waals surface area contributed by atoms with Gasteiger partial charge in [-0.15, -0.1) is 0 Å². The molecule has 1 atom stereocenters. The predicted octanol–water partition coefficient (Wildman–Crippen LogP) is 2.83. The van der Waals surface area contributed by atoms with Gasteiger partial charge in [0.15, 0.2) is 11.3 Å². The summed E-state index contributed by atoms with van der Waals surface area (Å²) in [7, 11) is 1.12. The quantitative estimate of drug-likeness (QED) is 0.758. The van der Waals surface area contributed by atoms with Gasteiger partial charge in [0.25, 0.3) is 11.8 Å². The summed E-state index contributed by atoms with van der Waals surface area (Å²) >= 11 is 5.95. The van der Waals surface area contributed by atoms with E-state index < -0.39 is 34.7 Å². The first kappa shape index (κ1) is 18.1. The largest absolute Gasteiger partial charge is 0.503 e. The van der Waals surface area contributed by atoms with Gasteiger partial charge in [-0.1, -0.05) is 29.3 Å². The van der Waals surface area contributed by atoms with Gasteiger partial charge in [0.05, 0.1) is 7.11 Å². The molecule has 4 rings (SSSR count). The molecule has 2 aromatic rings. The molecule has 0 bridgehead atoms. The molecule has 2 aliphatic heterocycles. The molecule has 8 heteroatoms. The molecular weight excluding hydrogens is 384 g/mol. The van der Waals surface area contributed by atoms with E-state index in [-0.39, 0.29) is 0 Å². The highest BCUT2D eigenvalue weighted by atomic mass is 35.5. The Balaban J connectivity index is 2.08. The van der Waals surface area contributed by atoms with E-state index >= 15 is 0 Å². The Morgan fingerprint density at radius 2 is 1.86 bits per heavy atom. The van der Waals surface area contributed by atoms with Gasteiger partial charge in [-0.2, -0.15) is 0 Å². The Labute approximate surface area is 165 Å². The summed E-state index contributed by atoms with van der Waals surface area (Å²) in [5.74, 6) is -3.31. The number of aliphatic hydroxyl groups is 1. The van der Waals surface area contributed by atoms with Gasteiger partial charge < -0.3 is 15.2 Å². The van der Waals surface area contributed by atoms with Gasteiger partial charge >= 0.3 is 5.97 Å². The second-order valence-corrected chi connectivity index (χ2v) is 6.98. The second kappa shape index (κ2) is 6.10. The van der Waals surface area contributed by atoms with Crippen molar-refractivity contribution >= 4 is 40.8 Å². The van der Waals surface area contributed by atoms with E-state index in [1.165, 1.54) is 12.1 Å². The molecule has 2 aliphatic rings. The number of amides is 2. The normalized spacial score (nSPS) is 20.6. The standard InChI is InChI=1S/C20H15ClN2O5/c1-10-3-8-14-13(9-10)20(19(27)22-14)15(18(26)28-2)16(24)17(25)23(20)12-6-4-11(21)5-7-12/h3-9,24H,1-2H3,(H,22,27). The zero-order valence-electron chi connectivity index (χ0n) is 14.9. The van der Waals surface area contributed by atoms with Crippen LogP contribution in [0.1, 0.15) is 11.1 Å². The highest BCUT2D eigenvalue weighted by Crippen LogP contribution is 2.52. The molecule has 1 spiro atoms. The van der Waals surface area contributed by atoms with Crippen molar-refractivity contribution in [1.82, 2.24) is 0 Å². The van der Waals surface area contributed by atoms with Gasteiger partial charge in [-0.3, -0.25) is 14.5 Å². The van der Waals surface area contributed by atoms with Crippen LogP contribution >= 0.6 is 11.6 Å². The average molecular weight is 399 g/mol. The van der Waals surface area contributed by atoms with Crippen LogP contribution in [0.15, 0.2) is 53.8 Å². The van der Waals surface area contributed by atoms with Crippen LogP contribution in [0.4, 0.5) is 11.4 Å². The Morgan fingerprint density at radius 1 is 1.18 bits per heavy atom. The van der Waals surface area contributed by atoms with Crippen molar-refractivity contribution in [2.75, 3.05) is 17.3 Å². The molecule has 0 aromatic heterocycles. The molecule has 0 radical (unpaired) electrons. The lowest BCUT2D eigenvalue weighted by Gasteiger charge is -2.34. The molecule has 142 valence electrons. The van der Waals surface area contributed by atoms with E-state index in [2.05, 4.69) is 5.32 Å². The van der Waals surface area contributed by atoms with Crippen LogP contribution in [0.25, 0.3) is 0 Å². The number of carbonyl (C=O) groups is 3. The maximum atomic E-state index is 13.3. The predicted molar refractivity (Wildman–Crippen MR) is 102 cm³/mol. The molecular formula is C20H15ClN2O5. The lowest BCUT2D eigenvalue weighted by Crippen LogP contribution is -2.52. The number of aliphatic hydroxyl groups excluding tert-OH is 1. The minimum Gasteiger partial charge on any atom is -0.503 e. The zero-order chi connectivity index (χ0) is 20.2. The summed E-state index contributed by atoms with van der Waals surface area (Å²) in [4.78, 5) is 40.0. The number of hydrogen-bond acceptors (Lipinski definition) is 5. The molecule has 2 amide bonds. The molecule has 0 saturated carbocycles. The van der Waals surface area contributed by atoms with Crippen molar-refractivity contribution in [3.05, 3.63) is 69.9 Å². The fourth-order valence-electron chi connectivity index (χ4n) is 3.77. The van der Waals surface area contributed by atoms with Crippen molar-refractivity contribution < 1.29 is 24.2 Å². The molecule has 2 N–H and O–H groups in total. The first-order valence-electron chi connectivity index (χ1n) is 8.37. The SMILES string of the molecule is COC(=O)C1=C(O)C(=O)N(c2ccc(Cl)cc2)C12C(=O)Nc1ccc(C)cc12. The van der Waals surface area contributed by atoms with Crippen LogP contribution in [0.3, 0.4) is 0 Å². The smallest absolute Gasteiger partial charge is 0.341 e. The lowest BCUT2D eigenvalue weighted by atomic mass is 9.82. The van der Waals surface area contributed by atoms with Crippen LogP contribution in [0.5, 0.6) is 0 Å². The van der Waals surface area contributed by atoms with Crippen molar-refractivity contribution in [3.63, 3.8) is 0 Å². The number of rotatable bonds is 2. The maximum Gasteiger partial charge on any atom is 0.341 e. The van der Waals surface area contributed by atoms with Gasteiger partial charge in [0.2, 0.25) is 0 Å². The van der Waals surface area contributed by atoms with Gasteiger partial charge in [0, 0.05) is 22.0 Å². The van der Waals surface area contributed by atoms with E-state index in [9.17, 15) is 19.5 Å². The number of halogens is 1. The first-order chi connectivity index (χ1) is 13.3. The summed E-state index contributed by atoms with van der Waals surface area (Å²) < 4.78 is 4.80. The van der Waals surface area contributed by atoms with Crippen LogP contribution in [-0.2, 0) is 24.7 Å². The summed E-state index contributed by atoms with van der Waals surface area (Å²) in [5, 5.41) is 13.7. The summed E-state index contributed by atoms with van der Waals surface area (Å²) in [6.45, 7) is 1.82. The van der Waals surface area contributed by atoms with Gasteiger partial charge in [0.1, 0.15) is 5.57 Å². The minimum atomic E-state index is -1.89. The van der Waals surface area contributed by atoms with E-state index in [4.69, 9.17) is 16.3 Å². The number of esters is 1. The second-order valence-electron chi connectivity index (χ2n) is 6.55. The fraction of sp³-hybridized carbons (Fsp3) is 0.150. The topological polar surface area (TPSA) is 95.9 Å². The third-order valence-electron chi connectivity index (χ3n) is 4.96. The van der Waals surface area contributed by atoms with Gasteiger partial charge in [-0.25, -0.2) is 4.79 Å². The molecule has 1 unspecified atom stereocenters. The van der Waals surface area contributed by atoms with E-state index in [0.29, 0.717) is 22.0 Å². The molecule has 0 saturated heterocycles. The van der Waals surface area contributed by atoms with Crippen molar-refractivity contribution in [3.8, 4) is 0 Å². The number of hydrogen-bond donors (Lipinski definition) is 2. The average Bonchev–Trinajstić information content (AvgIpc) is 3.08. The number of nitrogens with zero attached hydrogens (tertiary/aromatic N) is 1. The monoisotopic (exact) mass is 398 g/mol. The van der Waals surface area contributed by atoms with Crippen LogP contribution in [-0.4, -0.2) is 30.0 Å². The summed E-state index contributed by atoms with van der Waals surface area (Å²) in [6, 6.07) is 11.4. The highest BCUT2D eigenvalue weighted by Gasteiger charge is 2.65. The Hall–Kier alpha value is -3.32. The molecule has 2 aromatic carbocycles. The molecule has 2 heterocycles. The van der Waals surface area contributed by atoms with E-state index in [0.717, 1.165) is 17.6 Å². The Kier molecular flexibility index (Phi) is 3.94. The van der Waals surface area contributed by atoms with Crippen LogP contribution in [0, 0.1) is 6.92 Å². The molecule has 28 heavy (non-hydrogen) atoms. The van der Waals surface area contributed by atoms with Crippen LogP contribution in [0.2, 0.25) is 5.02 Å². The maximum absolute atomic E-state index is 13.3. The first-order valence-corrected chi connectivity index (χ1v) is 8.75. The summed E-state index contributed by atoms with van der Waals surface area (Å²) in [6.07, 6.45) is 0. The van der Waals surface area contributed by atoms with Crippen LogP contribution < -0.4 is 10.2 Å². The molecule has 0 aliphatic carbocycles. The lowest BCUT2D eigenvalue weighted by molar-refractivity contribution is -0.138. The van der Waals surface area contributed by atoms with Crippen molar-refractivity contribution in [2.45, 2.75) is 12.5 Å². The number of fused-ring (bicyclic) bond motifs is 2. The minimum absolute atomic E-state index is 0.296. The third-order valence-corrected chi connectivity index (χ3v) is 5.21. The molecule has 0 fully saturated rings. The third kappa shape index (κ3) is 2.20.